The van der Waals surface area contributed by atoms with E-state index in [9.17, 15) is 4.79 Å². The Morgan fingerprint density at radius 2 is 1.54 bits per heavy atom. The van der Waals surface area contributed by atoms with Crippen molar-refractivity contribution in [1.29, 1.82) is 0 Å². The molecule has 1 unspecified atom stereocenters. The molecule has 0 radical (unpaired) electrons. The van der Waals surface area contributed by atoms with Gasteiger partial charge < -0.3 is 0 Å². The molecule has 2 aliphatic rings. The molecular weight excluding hydrogens is 472 g/mol. The lowest BCUT2D eigenvalue weighted by molar-refractivity contribution is 0.112. The number of carbonyl (C=O) groups is 1. The summed E-state index contributed by atoms with van der Waals surface area (Å²) in [5.74, 6) is 0.774. The number of rotatable bonds is 8. The zero-order valence-corrected chi connectivity index (χ0v) is 26.3. The number of hydrogen-bond donors (Lipinski definition) is 0. The van der Waals surface area contributed by atoms with Crippen molar-refractivity contribution in [3.05, 3.63) is 98.7 Å². The molecule has 212 valence electrons. The Hall–Kier alpha value is -2.67. The van der Waals surface area contributed by atoms with Crippen LogP contribution in [0.2, 0.25) is 0 Å². The Kier molecular flexibility index (Phi) is 14.3. The second kappa shape index (κ2) is 17.1. The van der Waals surface area contributed by atoms with Gasteiger partial charge in [-0.3, -0.25) is 4.79 Å². The molecule has 0 spiro atoms. The third-order valence-corrected chi connectivity index (χ3v) is 7.82. The van der Waals surface area contributed by atoms with E-state index in [0.29, 0.717) is 0 Å². The normalized spacial score (nSPS) is 15.6. The van der Waals surface area contributed by atoms with Gasteiger partial charge in [0.05, 0.1) is 0 Å². The summed E-state index contributed by atoms with van der Waals surface area (Å²) in [6.07, 6.45) is 15.1. The average Bonchev–Trinajstić information content (AvgIpc) is 3.14. The minimum Gasteiger partial charge on any atom is -0.298 e. The van der Waals surface area contributed by atoms with E-state index >= 15 is 0 Å². The van der Waals surface area contributed by atoms with Gasteiger partial charge in [-0.1, -0.05) is 115 Å². The van der Waals surface area contributed by atoms with Gasteiger partial charge in [0, 0.05) is 5.56 Å². The van der Waals surface area contributed by atoms with Crippen molar-refractivity contribution in [2.75, 3.05) is 0 Å². The molecule has 0 heterocycles. The van der Waals surface area contributed by atoms with Crippen LogP contribution in [0.25, 0.3) is 5.57 Å². The van der Waals surface area contributed by atoms with Crippen molar-refractivity contribution in [2.24, 2.45) is 5.92 Å². The Balaban J connectivity index is 0.000000998. The van der Waals surface area contributed by atoms with E-state index in [1.165, 1.54) is 82.2 Å². The summed E-state index contributed by atoms with van der Waals surface area (Å²) < 4.78 is 0. The number of allylic oxidation sites excluding steroid dienone is 5. The molecule has 39 heavy (non-hydrogen) atoms. The molecular formula is C38H54O. The Labute approximate surface area is 240 Å². The van der Waals surface area contributed by atoms with Crippen LogP contribution in [-0.4, -0.2) is 6.29 Å². The maximum absolute atomic E-state index is 11.5. The summed E-state index contributed by atoms with van der Waals surface area (Å²) >= 11 is 0. The van der Waals surface area contributed by atoms with Gasteiger partial charge in [-0.15, -0.1) is 0 Å². The fourth-order valence-electron chi connectivity index (χ4n) is 5.95. The topological polar surface area (TPSA) is 17.1 Å². The fraction of sp³-hybridized carbons (Fsp3) is 0.500. The van der Waals surface area contributed by atoms with Crippen LogP contribution in [0.15, 0.2) is 70.8 Å². The van der Waals surface area contributed by atoms with Crippen LogP contribution in [0.4, 0.5) is 0 Å². The standard InChI is InChI=1S/C33H40O.C3H8.C2H6/c1-5-8-25(6-2)20-26-12-15-28(16-13-26)33-31-18-14-27(22-34)21-29(31)9-7-10-32(33)30-17-11-23(3)19-24(30)4;1-3-2;1-2/h12-16,18-19,21-22,25H,5-11,17,20H2,1-4H3;3H2,1-2H3;1-2H3. The number of hydrogen-bond acceptors (Lipinski definition) is 1. The van der Waals surface area contributed by atoms with Gasteiger partial charge in [0.2, 0.25) is 0 Å². The zero-order valence-electron chi connectivity index (χ0n) is 26.3. The van der Waals surface area contributed by atoms with Gasteiger partial charge in [-0.25, -0.2) is 0 Å². The SMILES string of the molecule is CC.CCC.CCCC(CC)Cc1ccc(C2=C(C3=C(C)C=C(C)CC3)CCCc3cc(C=O)ccc32)cc1. The van der Waals surface area contributed by atoms with Crippen molar-refractivity contribution in [1.82, 2.24) is 0 Å². The predicted octanol–water partition coefficient (Wildman–Crippen LogP) is 11.5. The van der Waals surface area contributed by atoms with E-state index in [0.717, 1.165) is 49.9 Å². The second-order valence-corrected chi connectivity index (χ2v) is 11.1. The minimum atomic E-state index is 0.774. The van der Waals surface area contributed by atoms with E-state index in [1.807, 2.05) is 19.9 Å². The van der Waals surface area contributed by atoms with Crippen molar-refractivity contribution >= 4 is 11.9 Å². The highest BCUT2D eigenvalue weighted by molar-refractivity contribution is 5.88. The third kappa shape index (κ3) is 8.92. The first-order valence-corrected chi connectivity index (χ1v) is 15.7. The van der Waals surface area contributed by atoms with Crippen LogP contribution in [0, 0.1) is 5.92 Å². The van der Waals surface area contributed by atoms with Crippen molar-refractivity contribution in [2.45, 2.75) is 120 Å². The third-order valence-electron chi connectivity index (χ3n) is 7.82. The molecule has 2 aromatic rings. The van der Waals surface area contributed by atoms with Gasteiger partial charge in [-0.05, 0) is 109 Å². The van der Waals surface area contributed by atoms with Crippen molar-refractivity contribution in [3.63, 3.8) is 0 Å². The smallest absolute Gasteiger partial charge is 0.150 e. The van der Waals surface area contributed by atoms with Gasteiger partial charge in [0.15, 0.2) is 0 Å². The molecule has 0 aliphatic heterocycles. The number of aryl methyl sites for hydroxylation is 1. The first-order chi connectivity index (χ1) is 18.9. The van der Waals surface area contributed by atoms with Gasteiger partial charge in [-0.2, -0.15) is 0 Å². The average molecular weight is 527 g/mol. The Morgan fingerprint density at radius 1 is 0.846 bits per heavy atom. The zero-order chi connectivity index (χ0) is 28.8. The number of benzene rings is 2. The maximum atomic E-state index is 11.5. The minimum absolute atomic E-state index is 0.774. The lowest BCUT2D eigenvalue weighted by Crippen LogP contribution is -2.05. The highest BCUT2D eigenvalue weighted by Crippen LogP contribution is 2.42. The molecule has 1 nitrogen and oxygen atoms in total. The highest BCUT2D eigenvalue weighted by atomic mass is 16.1. The van der Waals surface area contributed by atoms with Gasteiger partial charge in [0.1, 0.15) is 6.29 Å². The number of aldehydes is 1. The molecule has 1 heteroatoms. The molecule has 0 aromatic heterocycles. The Morgan fingerprint density at radius 3 is 2.13 bits per heavy atom. The molecule has 4 rings (SSSR count). The lowest BCUT2D eigenvalue weighted by atomic mass is 9.81. The summed E-state index contributed by atoms with van der Waals surface area (Å²) in [7, 11) is 0. The number of carbonyl (C=O) groups excluding carboxylic acids is 1. The summed E-state index contributed by atoms with van der Waals surface area (Å²) in [5.41, 5.74) is 13.5. The van der Waals surface area contributed by atoms with Crippen molar-refractivity contribution in [3.8, 4) is 0 Å². The predicted molar refractivity (Wildman–Crippen MR) is 173 cm³/mol. The first kappa shape index (κ1) is 32.5. The van der Waals surface area contributed by atoms with Crippen LogP contribution in [0.5, 0.6) is 0 Å². The molecule has 0 saturated heterocycles. The van der Waals surface area contributed by atoms with Crippen LogP contribution in [0.3, 0.4) is 0 Å². The Bertz CT molecular complexity index is 1140. The van der Waals surface area contributed by atoms with Crippen LogP contribution >= 0.6 is 0 Å². The van der Waals surface area contributed by atoms with E-state index < -0.39 is 0 Å². The van der Waals surface area contributed by atoms with E-state index in [-0.39, 0.29) is 0 Å². The van der Waals surface area contributed by atoms with Crippen LogP contribution < -0.4 is 0 Å². The molecule has 0 amide bonds. The molecule has 0 saturated carbocycles. The van der Waals surface area contributed by atoms with Crippen molar-refractivity contribution < 1.29 is 4.79 Å². The van der Waals surface area contributed by atoms with E-state index in [1.54, 1.807) is 0 Å². The quantitative estimate of drug-likeness (QED) is 0.313. The summed E-state index contributed by atoms with van der Waals surface area (Å²) in [5, 5.41) is 0. The fourth-order valence-corrected chi connectivity index (χ4v) is 5.95. The van der Waals surface area contributed by atoms with E-state index in [4.69, 9.17) is 0 Å². The first-order valence-electron chi connectivity index (χ1n) is 15.7. The monoisotopic (exact) mass is 526 g/mol. The van der Waals surface area contributed by atoms with Crippen LogP contribution in [0.1, 0.15) is 139 Å². The second-order valence-electron chi connectivity index (χ2n) is 11.1. The molecule has 1 atom stereocenters. The highest BCUT2D eigenvalue weighted by Gasteiger charge is 2.23. The lowest BCUT2D eigenvalue weighted by Gasteiger charge is -2.23. The summed E-state index contributed by atoms with van der Waals surface area (Å²) in [6, 6.07) is 15.7. The van der Waals surface area contributed by atoms with Gasteiger partial charge in [0.25, 0.3) is 0 Å². The van der Waals surface area contributed by atoms with E-state index in [2.05, 4.69) is 84.0 Å². The molecule has 0 fully saturated rings. The van der Waals surface area contributed by atoms with Crippen LogP contribution in [-0.2, 0) is 12.8 Å². The van der Waals surface area contributed by atoms with Gasteiger partial charge >= 0.3 is 0 Å². The molecule has 0 N–H and O–H groups in total. The molecule has 0 bridgehead atoms. The molecule has 2 aliphatic carbocycles. The largest absolute Gasteiger partial charge is 0.298 e. The summed E-state index contributed by atoms with van der Waals surface area (Å²) in [4.78, 5) is 11.5. The summed E-state index contributed by atoms with van der Waals surface area (Å²) in [6.45, 7) is 17.4. The molecule has 2 aromatic carbocycles. The number of fused-ring (bicyclic) bond motifs is 1. The maximum Gasteiger partial charge on any atom is 0.150 e.